The Hall–Kier alpha value is -2.77. The standard InChI is InChI=1S/C17H19FN4O3/c1-10-19-15(21-20-10)6-7-16(23)22-8-13(14(9-22)17(24)25)11-2-4-12(18)5-3-11/h2-5,13-14H,6-9H2,1H3,(H,24,25)(H,19,20,21)/t13-,14+/m1/s1. The maximum absolute atomic E-state index is 13.1. The molecule has 2 N–H and O–H groups in total. The van der Waals surface area contributed by atoms with Crippen LogP contribution < -0.4 is 0 Å². The molecule has 1 fully saturated rings. The van der Waals surface area contributed by atoms with Crippen LogP contribution >= 0.6 is 0 Å². The first-order valence-electron chi connectivity index (χ1n) is 8.08. The molecular formula is C17H19FN4O3. The van der Waals surface area contributed by atoms with Gasteiger partial charge in [-0.05, 0) is 24.6 Å². The minimum atomic E-state index is -0.950. The van der Waals surface area contributed by atoms with E-state index in [0.29, 0.717) is 24.6 Å². The second kappa shape index (κ2) is 7.00. The molecule has 25 heavy (non-hydrogen) atoms. The van der Waals surface area contributed by atoms with Crippen molar-refractivity contribution < 1.29 is 19.1 Å². The zero-order chi connectivity index (χ0) is 18.0. The van der Waals surface area contributed by atoms with Gasteiger partial charge in [-0.25, -0.2) is 9.37 Å². The van der Waals surface area contributed by atoms with Gasteiger partial charge >= 0.3 is 5.97 Å². The summed E-state index contributed by atoms with van der Waals surface area (Å²) in [4.78, 5) is 29.7. The van der Waals surface area contributed by atoms with Crippen molar-refractivity contribution in [1.29, 1.82) is 0 Å². The highest BCUT2D eigenvalue weighted by molar-refractivity contribution is 5.79. The van der Waals surface area contributed by atoms with Gasteiger partial charge in [0.25, 0.3) is 0 Å². The number of aliphatic carboxylic acids is 1. The molecule has 7 nitrogen and oxygen atoms in total. The molecular weight excluding hydrogens is 327 g/mol. The largest absolute Gasteiger partial charge is 0.481 e. The van der Waals surface area contributed by atoms with Crippen molar-refractivity contribution in [3.63, 3.8) is 0 Å². The number of carbonyl (C=O) groups excluding carboxylic acids is 1. The molecule has 2 aromatic rings. The number of carbonyl (C=O) groups is 2. The monoisotopic (exact) mass is 346 g/mol. The fourth-order valence-electron chi connectivity index (χ4n) is 3.18. The van der Waals surface area contributed by atoms with Crippen LogP contribution in [0, 0.1) is 18.7 Å². The van der Waals surface area contributed by atoms with Gasteiger partial charge in [0.2, 0.25) is 5.91 Å². The molecule has 0 saturated carbocycles. The average molecular weight is 346 g/mol. The van der Waals surface area contributed by atoms with Crippen LogP contribution in [0.25, 0.3) is 0 Å². The van der Waals surface area contributed by atoms with E-state index in [2.05, 4.69) is 15.2 Å². The third-order valence-electron chi connectivity index (χ3n) is 4.49. The SMILES string of the molecule is Cc1nc(CCC(=O)N2C[C@H](C(=O)O)[C@@H](c3ccc(F)cc3)C2)n[nH]1. The van der Waals surface area contributed by atoms with Crippen LogP contribution in [0.1, 0.15) is 29.6 Å². The Morgan fingerprint density at radius 3 is 2.64 bits per heavy atom. The molecule has 1 aliphatic rings. The summed E-state index contributed by atoms with van der Waals surface area (Å²) >= 11 is 0. The van der Waals surface area contributed by atoms with E-state index in [1.54, 1.807) is 24.0 Å². The van der Waals surface area contributed by atoms with E-state index >= 15 is 0 Å². The predicted molar refractivity (Wildman–Crippen MR) is 86.3 cm³/mol. The Morgan fingerprint density at radius 1 is 1.32 bits per heavy atom. The Kier molecular flexibility index (Phi) is 4.78. The highest BCUT2D eigenvalue weighted by Crippen LogP contribution is 2.33. The number of aromatic amines is 1. The lowest BCUT2D eigenvalue weighted by Crippen LogP contribution is -2.30. The molecule has 2 heterocycles. The smallest absolute Gasteiger partial charge is 0.308 e. The van der Waals surface area contributed by atoms with Gasteiger partial charge in [-0.1, -0.05) is 12.1 Å². The number of likely N-dealkylation sites (tertiary alicyclic amines) is 1. The molecule has 1 amide bonds. The van der Waals surface area contributed by atoms with E-state index in [0.717, 1.165) is 5.56 Å². The number of nitrogens with zero attached hydrogens (tertiary/aromatic N) is 3. The van der Waals surface area contributed by atoms with Crippen molar-refractivity contribution in [3.05, 3.63) is 47.3 Å². The Balaban J connectivity index is 1.67. The van der Waals surface area contributed by atoms with E-state index in [1.807, 2.05) is 0 Å². The van der Waals surface area contributed by atoms with Gasteiger partial charge < -0.3 is 10.0 Å². The average Bonchev–Trinajstić information content (AvgIpc) is 3.20. The van der Waals surface area contributed by atoms with Crippen LogP contribution in [-0.2, 0) is 16.0 Å². The van der Waals surface area contributed by atoms with Crippen LogP contribution in [0.3, 0.4) is 0 Å². The molecule has 0 spiro atoms. The lowest BCUT2D eigenvalue weighted by atomic mass is 9.89. The summed E-state index contributed by atoms with van der Waals surface area (Å²) in [5, 5.41) is 16.2. The second-order valence-electron chi connectivity index (χ2n) is 6.24. The number of hydrogen-bond acceptors (Lipinski definition) is 4. The summed E-state index contributed by atoms with van der Waals surface area (Å²) in [6.07, 6.45) is 0.623. The van der Waals surface area contributed by atoms with Gasteiger partial charge in [0.15, 0.2) is 5.82 Å². The summed E-state index contributed by atoms with van der Waals surface area (Å²) < 4.78 is 13.1. The topological polar surface area (TPSA) is 99.2 Å². The van der Waals surface area contributed by atoms with E-state index in [1.165, 1.54) is 12.1 Å². The van der Waals surface area contributed by atoms with Crippen molar-refractivity contribution in [1.82, 2.24) is 20.1 Å². The summed E-state index contributed by atoms with van der Waals surface area (Å²) in [7, 11) is 0. The molecule has 3 rings (SSSR count). The van der Waals surface area contributed by atoms with E-state index in [-0.39, 0.29) is 30.6 Å². The highest BCUT2D eigenvalue weighted by Gasteiger charge is 2.40. The Labute approximate surface area is 143 Å². The number of hydrogen-bond donors (Lipinski definition) is 2. The molecule has 8 heteroatoms. The van der Waals surface area contributed by atoms with Gasteiger partial charge in [-0.15, -0.1) is 0 Å². The zero-order valence-electron chi connectivity index (χ0n) is 13.8. The molecule has 1 aromatic carbocycles. The van der Waals surface area contributed by atoms with Crippen molar-refractivity contribution in [2.24, 2.45) is 5.92 Å². The first-order valence-corrected chi connectivity index (χ1v) is 8.08. The first-order chi connectivity index (χ1) is 11.9. The maximum Gasteiger partial charge on any atom is 0.308 e. The van der Waals surface area contributed by atoms with Gasteiger partial charge in [0.05, 0.1) is 5.92 Å². The van der Waals surface area contributed by atoms with E-state index < -0.39 is 11.9 Å². The third kappa shape index (κ3) is 3.84. The lowest BCUT2D eigenvalue weighted by Gasteiger charge is -2.16. The molecule has 132 valence electrons. The molecule has 0 radical (unpaired) electrons. The Morgan fingerprint density at radius 2 is 2.04 bits per heavy atom. The molecule has 1 aliphatic heterocycles. The van der Waals surface area contributed by atoms with Crippen LogP contribution in [0.4, 0.5) is 4.39 Å². The summed E-state index contributed by atoms with van der Waals surface area (Å²) in [6.45, 7) is 2.25. The Bertz CT molecular complexity index is 774. The fraction of sp³-hybridized carbons (Fsp3) is 0.412. The van der Waals surface area contributed by atoms with Crippen molar-refractivity contribution >= 4 is 11.9 Å². The van der Waals surface area contributed by atoms with Gasteiger partial charge in [-0.3, -0.25) is 14.7 Å². The summed E-state index contributed by atoms with van der Waals surface area (Å²) in [6, 6.07) is 5.79. The number of nitrogens with one attached hydrogen (secondary N) is 1. The number of halogens is 1. The van der Waals surface area contributed by atoms with Gasteiger partial charge in [0.1, 0.15) is 11.6 Å². The molecule has 1 aromatic heterocycles. The maximum atomic E-state index is 13.1. The van der Waals surface area contributed by atoms with Crippen LogP contribution in [0.2, 0.25) is 0 Å². The molecule has 1 saturated heterocycles. The van der Waals surface area contributed by atoms with Crippen molar-refractivity contribution in [2.75, 3.05) is 13.1 Å². The third-order valence-corrected chi connectivity index (χ3v) is 4.49. The van der Waals surface area contributed by atoms with Gasteiger partial charge in [-0.2, -0.15) is 5.10 Å². The number of benzene rings is 1. The van der Waals surface area contributed by atoms with Crippen LogP contribution in [0.15, 0.2) is 24.3 Å². The lowest BCUT2D eigenvalue weighted by molar-refractivity contribution is -0.141. The molecule has 2 atom stereocenters. The second-order valence-corrected chi connectivity index (χ2v) is 6.24. The molecule has 0 unspecified atom stereocenters. The number of amides is 1. The van der Waals surface area contributed by atoms with Gasteiger partial charge in [0, 0.05) is 31.8 Å². The number of aromatic nitrogens is 3. The first kappa shape index (κ1) is 17.1. The van der Waals surface area contributed by atoms with Crippen molar-refractivity contribution in [2.45, 2.75) is 25.7 Å². The highest BCUT2D eigenvalue weighted by atomic mass is 19.1. The zero-order valence-corrected chi connectivity index (χ0v) is 13.8. The van der Waals surface area contributed by atoms with E-state index in [4.69, 9.17) is 0 Å². The minimum absolute atomic E-state index is 0.127. The minimum Gasteiger partial charge on any atom is -0.481 e. The quantitative estimate of drug-likeness (QED) is 0.855. The molecule has 0 bridgehead atoms. The van der Waals surface area contributed by atoms with Crippen LogP contribution in [-0.4, -0.2) is 50.2 Å². The van der Waals surface area contributed by atoms with Crippen molar-refractivity contribution in [3.8, 4) is 0 Å². The number of carboxylic acid groups (broad SMARTS) is 1. The number of H-pyrrole nitrogens is 1. The molecule has 0 aliphatic carbocycles. The van der Waals surface area contributed by atoms with Crippen LogP contribution in [0.5, 0.6) is 0 Å². The summed E-state index contributed by atoms with van der Waals surface area (Å²) in [5.41, 5.74) is 0.730. The number of carboxylic acids is 1. The predicted octanol–water partition coefficient (Wildman–Crippen LogP) is 1.51. The number of aryl methyl sites for hydroxylation is 2. The van der Waals surface area contributed by atoms with E-state index in [9.17, 15) is 19.1 Å². The number of rotatable bonds is 5. The fourth-order valence-corrected chi connectivity index (χ4v) is 3.18. The normalized spacial score (nSPS) is 20.0. The summed E-state index contributed by atoms with van der Waals surface area (Å²) in [5.74, 6) is -1.23.